The second-order valence-electron chi connectivity index (χ2n) is 3.47. The van der Waals surface area contributed by atoms with Crippen LogP contribution in [0.4, 0.5) is 0 Å². The van der Waals surface area contributed by atoms with Gasteiger partial charge in [0.2, 0.25) is 0 Å². The van der Waals surface area contributed by atoms with Crippen LogP contribution in [0.25, 0.3) is 0 Å². The predicted molar refractivity (Wildman–Crippen MR) is 55.8 cm³/mol. The van der Waals surface area contributed by atoms with E-state index >= 15 is 0 Å². The first kappa shape index (κ1) is 13.2. The van der Waals surface area contributed by atoms with Crippen LogP contribution >= 0.6 is 11.6 Å². The Kier molecular flexibility index (Phi) is 8.93. The van der Waals surface area contributed by atoms with E-state index in [-0.39, 0.29) is 5.92 Å². The van der Waals surface area contributed by atoms with Gasteiger partial charge < -0.3 is 10.2 Å². The lowest BCUT2D eigenvalue weighted by atomic mass is 9.98. The molecule has 0 heterocycles. The molecule has 3 heteroatoms. The summed E-state index contributed by atoms with van der Waals surface area (Å²) >= 11 is 5.54. The topological polar surface area (TPSA) is 40.5 Å². The Bertz CT molecular complexity index is 107. The standard InChI is InChI=1S/C10H21ClO2/c1-2-9(10(12)13)7-5-3-4-6-8-11/h9-10,12-13H,2-8H2,1H3. The first-order valence-electron chi connectivity index (χ1n) is 5.14. The molecule has 0 radical (unpaired) electrons. The Morgan fingerprint density at radius 3 is 2.15 bits per heavy atom. The molecule has 0 amide bonds. The number of halogens is 1. The highest BCUT2D eigenvalue weighted by Gasteiger charge is 2.13. The van der Waals surface area contributed by atoms with Crippen molar-refractivity contribution in [2.45, 2.75) is 51.7 Å². The van der Waals surface area contributed by atoms with E-state index < -0.39 is 6.29 Å². The van der Waals surface area contributed by atoms with Crippen LogP contribution in [-0.2, 0) is 0 Å². The lowest BCUT2D eigenvalue weighted by Crippen LogP contribution is -2.18. The molecule has 0 aliphatic rings. The number of aliphatic hydroxyl groups is 2. The van der Waals surface area contributed by atoms with Crippen molar-refractivity contribution in [3.63, 3.8) is 0 Å². The van der Waals surface area contributed by atoms with Crippen LogP contribution in [0.2, 0.25) is 0 Å². The zero-order valence-electron chi connectivity index (χ0n) is 8.38. The molecule has 13 heavy (non-hydrogen) atoms. The number of rotatable bonds is 8. The molecular formula is C10H21ClO2. The van der Waals surface area contributed by atoms with Gasteiger partial charge in [0, 0.05) is 11.8 Å². The Morgan fingerprint density at radius 1 is 1.08 bits per heavy atom. The average molecular weight is 209 g/mol. The molecule has 0 saturated carbocycles. The fraction of sp³-hybridized carbons (Fsp3) is 1.00. The molecule has 0 fully saturated rings. The third kappa shape index (κ3) is 7.29. The van der Waals surface area contributed by atoms with Crippen molar-refractivity contribution in [1.29, 1.82) is 0 Å². The predicted octanol–water partition coefficient (Wildman–Crippen LogP) is 2.51. The summed E-state index contributed by atoms with van der Waals surface area (Å²) in [6, 6.07) is 0. The van der Waals surface area contributed by atoms with Gasteiger partial charge in [-0.05, 0) is 19.3 Å². The second kappa shape index (κ2) is 8.79. The number of aliphatic hydroxyl groups excluding tert-OH is 1. The van der Waals surface area contributed by atoms with Gasteiger partial charge in [0.25, 0.3) is 0 Å². The minimum atomic E-state index is -1.14. The number of hydrogen-bond donors (Lipinski definition) is 2. The summed E-state index contributed by atoms with van der Waals surface area (Å²) < 4.78 is 0. The lowest BCUT2D eigenvalue weighted by Gasteiger charge is -2.16. The minimum absolute atomic E-state index is 0.0519. The van der Waals surface area contributed by atoms with E-state index in [1.165, 1.54) is 0 Å². The van der Waals surface area contributed by atoms with Crippen LogP contribution in [0, 0.1) is 5.92 Å². The molecule has 1 unspecified atom stereocenters. The molecule has 0 aromatic rings. The molecule has 0 saturated heterocycles. The Morgan fingerprint density at radius 2 is 1.69 bits per heavy atom. The largest absolute Gasteiger partial charge is 0.368 e. The van der Waals surface area contributed by atoms with Crippen LogP contribution in [0.3, 0.4) is 0 Å². The monoisotopic (exact) mass is 208 g/mol. The van der Waals surface area contributed by atoms with Gasteiger partial charge in [-0.25, -0.2) is 0 Å². The van der Waals surface area contributed by atoms with Gasteiger partial charge in [-0.2, -0.15) is 0 Å². The Labute approximate surface area is 85.9 Å². The fourth-order valence-corrected chi connectivity index (χ4v) is 1.61. The van der Waals surface area contributed by atoms with E-state index in [0.29, 0.717) is 0 Å². The molecule has 1 atom stereocenters. The maximum Gasteiger partial charge on any atom is 0.154 e. The third-order valence-corrected chi connectivity index (χ3v) is 2.67. The maximum atomic E-state index is 8.95. The van der Waals surface area contributed by atoms with Crippen LogP contribution in [0.15, 0.2) is 0 Å². The smallest absolute Gasteiger partial charge is 0.154 e. The van der Waals surface area contributed by atoms with Crippen molar-refractivity contribution >= 4 is 11.6 Å². The highest BCUT2D eigenvalue weighted by molar-refractivity contribution is 6.17. The van der Waals surface area contributed by atoms with Crippen molar-refractivity contribution in [2.24, 2.45) is 5.92 Å². The van der Waals surface area contributed by atoms with E-state index in [1.54, 1.807) is 0 Å². The Balaban J connectivity index is 3.28. The number of alkyl halides is 1. The van der Waals surface area contributed by atoms with Crippen LogP contribution in [0.5, 0.6) is 0 Å². The lowest BCUT2D eigenvalue weighted by molar-refractivity contribution is -0.0871. The molecule has 0 aliphatic heterocycles. The molecular weight excluding hydrogens is 188 g/mol. The first-order chi connectivity index (χ1) is 6.22. The van der Waals surface area contributed by atoms with Crippen molar-refractivity contribution in [1.82, 2.24) is 0 Å². The van der Waals surface area contributed by atoms with Gasteiger partial charge >= 0.3 is 0 Å². The molecule has 2 N–H and O–H groups in total. The third-order valence-electron chi connectivity index (χ3n) is 2.40. The first-order valence-corrected chi connectivity index (χ1v) is 5.68. The molecule has 0 aromatic carbocycles. The Hall–Kier alpha value is 0.210. The fourth-order valence-electron chi connectivity index (χ4n) is 1.42. The van der Waals surface area contributed by atoms with Crippen LogP contribution in [-0.4, -0.2) is 22.4 Å². The molecule has 0 aromatic heterocycles. The van der Waals surface area contributed by atoms with Gasteiger partial charge in [-0.15, -0.1) is 11.6 Å². The molecule has 0 spiro atoms. The van der Waals surface area contributed by atoms with E-state index in [4.69, 9.17) is 21.8 Å². The highest BCUT2D eigenvalue weighted by atomic mass is 35.5. The normalized spacial score (nSPS) is 13.6. The summed E-state index contributed by atoms with van der Waals surface area (Å²) in [5.41, 5.74) is 0. The highest BCUT2D eigenvalue weighted by Crippen LogP contribution is 2.16. The number of hydrogen-bond acceptors (Lipinski definition) is 2. The van der Waals surface area contributed by atoms with Gasteiger partial charge in [-0.1, -0.05) is 26.2 Å². The van der Waals surface area contributed by atoms with Crippen LogP contribution < -0.4 is 0 Å². The maximum absolute atomic E-state index is 8.95. The molecule has 0 aliphatic carbocycles. The van der Waals surface area contributed by atoms with Crippen molar-refractivity contribution in [3.05, 3.63) is 0 Å². The summed E-state index contributed by atoms with van der Waals surface area (Å²) in [5.74, 6) is 0.788. The molecule has 80 valence electrons. The van der Waals surface area contributed by atoms with Crippen molar-refractivity contribution in [2.75, 3.05) is 5.88 Å². The summed E-state index contributed by atoms with van der Waals surface area (Å²) in [6.45, 7) is 1.99. The van der Waals surface area contributed by atoms with E-state index in [2.05, 4.69) is 0 Å². The zero-order chi connectivity index (χ0) is 10.1. The van der Waals surface area contributed by atoms with Crippen molar-refractivity contribution in [3.8, 4) is 0 Å². The number of unbranched alkanes of at least 4 members (excludes halogenated alkanes) is 3. The van der Waals surface area contributed by atoms with E-state index in [9.17, 15) is 0 Å². The quantitative estimate of drug-likeness (QED) is 0.366. The zero-order valence-corrected chi connectivity index (χ0v) is 9.13. The van der Waals surface area contributed by atoms with Crippen LogP contribution in [0.1, 0.15) is 45.4 Å². The van der Waals surface area contributed by atoms with E-state index in [0.717, 1.165) is 44.4 Å². The summed E-state index contributed by atoms with van der Waals surface area (Å²) in [7, 11) is 0. The minimum Gasteiger partial charge on any atom is -0.368 e. The van der Waals surface area contributed by atoms with Gasteiger partial charge in [0.15, 0.2) is 6.29 Å². The van der Waals surface area contributed by atoms with Gasteiger partial charge in [-0.3, -0.25) is 0 Å². The summed E-state index contributed by atoms with van der Waals surface area (Å²) in [5, 5.41) is 17.9. The van der Waals surface area contributed by atoms with Gasteiger partial charge in [0.1, 0.15) is 0 Å². The van der Waals surface area contributed by atoms with Gasteiger partial charge in [0.05, 0.1) is 0 Å². The average Bonchev–Trinajstić information content (AvgIpc) is 2.10. The molecule has 0 rings (SSSR count). The molecule has 0 bridgehead atoms. The van der Waals surface area contributed by atoms with Crippen molar-refractivity contribution < 1.29 is 10.2 Å². The second-order valence-corrected chi connectivity index (χ2v) is 3.85. The molecule has 2 nitrogen and oxygen atoms in total. The summed E-state index contributed by atoms with van der Waals surface area (Å²) in [4.78, 5) is 0. The summed E-state index contributed by atoms with van der Waals surface area (Å²) in [6.07, 6.45) is 5.06. The SMILES string of the molecule is CCC(CCCCCCCl)C(O)O. The van der Waals surface area contributed by atoms with E-state index in [1.807, 2.05) is 6.92 Å².